The van der Waals surface area contributed by atoms with E-state index in [2.05, 4.69) is 36.6 Å². The topological polar surface area (TPSA) is 101 Å². The van der Waals surface area contributed by atoms with Gasteiger partial charge < -0.3 is 10.6 Å². The Labute approximate surface area is 154 Å². The number of carbonyl (C=O) groups excluding carboxylic acids is 1. The third-order valence-corrected chi connectivity index (χ3v) is 4.84. The predicted molar refractivity (Wildman–Crippen MR) is 103 cm³/mol. The number of benzene rings is 2. The molecule has 0 aliphatic carbocycles. The normalized spacial score (nSPS) is 12.7. The first-order valence-corrected chi connectivity index (χ1v) is 9.99. The van der Waals surface area contributed by atoms with Crippen LogP contribution in [0.4, 0.5) is 10.5 Å². The Balaban J connectivity index is 1.94. The first kappa shape index (κ1) is 19.9. The van der Waals surface area contributed by atoms with Crippen molar-refractivity contribution < 1.29 is 13.2 Å². The van der Waals surface area contributed by atoms with Crippen LogP contribution in [0.15, 0.2) is 53.4 Å². The molecule has 0 bridgehead atoms. The van der Waals surface area contributed by atoms with Crippen molar-refractivity contribution in [1.82, 2.24) is 5.32 Å². The fourth-order valence-corrected chi connectivity index (χ4v) is 3.10. The molecule has 6 nitrogen and oxygen atoms in total. The van der Waals surface area contributed by atoms with E-state index in [0.29, 0.717) is 11.6 Å². The van der Waals surface area contributed by atoms with Crippen LogP contribution in [0, 0.1) is 5.92 Å². The quantitative estimate of drug-likeness (QED) is 0.721. The van der Waals surface area contributed by atoms with Gasteiger partial charge in [-0.15, -0.1) is 0 Å². The van der Waals surface area contributed by atoms with E-state index in [9.17, 15) is 13.2 Å². The van der Waals surface area contributed by atoms with Crippen molar-refractivity contribution in [1.29, 1.82) is 0 Å². The summed E-state index contributed by atoms with van der Waals surface area (Å²) in [6.45, 7) is 6.26. The number of rotatable bonds is 6. The minimum absolute atomic E-state index is 0.00156. The Morgan fingerprint density at radius 1 is 1.00 bits per heavy atom. The van der Waals surface area contributed by atoms with Crippen molar-refractivity contribution in [2.45, 2.75) is 38.1 Å². The van der Waals surface area contributed by atoms with Gasteiger partial charge in [-0.05, 0) is 54.7 Å². The number of hydrogen-bond acceptors (Lipinski definition) is 3. The molecule has 140 valence electrons. The molecule has 0 saturated heterocycles. The molecular formula is C19H25N3O3S. The van der Waals surface area contributed by atoms with Crippen LogP contribution in [-0.2, 0) is 16.4 Å². The van der Waals surface area contributed by atoms with Gasteiger partial charge in [-0.3, -0.25) is 0 Å². The molecule has 0 radical (unpaired) electrons. The lowest BCUT2D eigenvalue weighted by Crippen LogP contribution is -2.31. The molecule has 4 N–H and O–H groups in total. The summed E-state index contributed by atoms with van der Waals surface area (Å²) in [5.41, 5.74) is 2.77. The van der Waals surface area contributed by atoms with Crippen LogP contribution in [0.3, 0.4) is 0 Å². The number of urea groups is 1. The fraction of sp³-hybridized carbons (Fsp3) is 0.316. The molecule has 0 heterocycles. The summed E-state index contributed by atoms with van der Waals surface area (Å²) in [6, 6.07) is 13.3. The van der Waals surface area contributed by atoms with Crippen molar-refractivity contribution in [2.24, 2.45) is 11.1 Å². The molecule has 0 aliphatic heterocycles. The maximum atomic E-state index is 12.1. The summed E-state index contributed by atoms with van der Waals surface area (Å²) >= 11 is 0. The summed E-state index contributed by atoms with van der Waals surface area (Å²) in [5, 5.41) is 10.6. The van der Waals surface area contributed by atoms with E-state index in [1.54, 1.807) is 0 Å². The lowest BCUT2D eigenvalue weighted by Gasteiger charge is -2.16. The number of anilines is 1. The van der Waals surface area contributed by atoms with Gasteiger partial charge in [-0.1, -0.05) is 38.1 Å². The molecule has 2 aromatic rings. The van der Waals surface area contributed by atoms with Gasteiger partial charge in [0.1, 0.15) is 0 Å². The first-order valence-electron chi connectivity index (χ1n) is 8.44. The van der Waals surface area contributed by atoms with Gasteiger partial charge in [0.05, 0.1) is 10.9 Å². The smallest absolute Gasteiger partial charge is 0.319 e. The molecular weight excluding hydrogens is 350 g/mol. The number of hydrogen-bond donors (Lipinski definition) is 3. The zero-order valence-corrected chi connectivity index (χ0v) is 16.0. The molecule has 2 rings (SSSR count). The van der Waals surface area contributed by atoms with Crippen LogP contribution in [0.1, 0.15) is 37.9 Å². The van der Waals surface area contributed by atoms with Crippen molar-refractivity contribution in [3.63, 3.8) is 0 Å². The second-order valence-corrected chi connectivity index (χ2v) is 8.29. The van der Waals surface area contributed by atoms with Gasteiger partial charge in [-0.2, -0.15) is 0 Å². The lowest BCUT2D eigenvalue weighted by molar-refractivity contribution is 0.249. The SMILES string of the molecule is CC(C)Cc1ccc([C@@H](C)NC(=O)Nc2ccc(S(N)(=O)=O)cc2)cc1. The molecule has 0 unspecified atom stereocenters. The number of nitrogens with one attached hydrogen (secondary N) is 2. The molecule has 2 amide bonds. The third kappa shape index (κ3) is 5.86. The molecule has 2 aromatic carbocycles. The first-order chi connectivity index (χ1) is 12.1. The Kier molecular flexibility index (Phi) is 6.39. The average molecular weight is 375 g/mol. The van der Waals surface area contributed by atoms with E-state index in [-0.39, 0.29) is 17.0 Å². The highest BCUT2D eigenvalue weighted by Crippen LogP contribution is 2.16. The van der Waals surface area contributed by atoms with Crippen molar-refractivity contribution in [3.8, 4) is 0 Å². The summed E-state index contributed by atoms with van der Waals surface area (Å²) in [4.78, 5) is 12.1. The highest BCUT2D eigenvalue weighted by Gasteiger charge is 2.11. The highest BCUT2D eigenvalue weighted by molar-refractivity contribution is 7.89. The summed E-state index contributed by atoms with van der Waals surface area (Å²) in [6.07, 6.45) is 1.02. The Hall–Kier alpha value is -2.38. The number of nitrogens with two attached hydrogens (primary N) is 1. The summed E-state index contributed by atoms with van der Waals surface area (Å²) in [7, 11) is -3.74. The molecule has 0 fully saturated rings. The largest absolute Gasteiger partial charge is 0.331 e. The average Bonchev–Trinajstić information content (AvgIpc) is 2.54. The van der Waals surface area contributed by atoms with E-state index in [1.807, 2.05) is 19.1 Å². The van der Waals surface area contributed by atoms with Gasteiger partial charge >= 0.3 is 6.03 Å². The number of carbonyl (C=O) groups is 1. The van der Waals surface area contributed by atoms with Crippen LogP contribution in [0.5, 0.6) is 0 Å². The van der Waals surface area contributed by atoms with Crippen molar-refractivity contribution >= 4 is 21.7 Å². The van der Waals surface area contributed by atoms with Crippen LogP contribution in [-0.4, -0.2) is 14.4 Å². The molecule has 26 heavy (non-hydrogen) atoms. The molecule has 7 heteroatoms. The molecule has 0 aliphatic rings. The minimum Gasteiger partial charge on any atom is -0.331 e. The van der Waals surface area contributed by atoms with Gasteiger partial charge in [0.15, 0.2) is 0 Å². The maximum Gasteiger partial charge on any atom is 0.319 e. The number of amides is 2. The summed E-state index contributed by atoms with van der Waals surface area (Å²) in [5.74, 6) is 0.600. The van der Waals surface area contributed by atoms with Crippen LogP contribution in [0.2, 0.25) is 0 Å². The van der Waals surface area contributed by atoms with E-state index >= 15 is 0 Å². The van der Waals surface area contributed by atoms with Crippen molar-refractivity contribution in [3.05, 3.63) is 59.7 Å². The van der Waals surface area contributed by atoms with Crippen LogP contribution < -0.4 is 15.8 Å². The second kappa shape index (κ2) is 8.33. The van der Waals surface area contributed by atoms with E-state index < -0.39 is 10.0 Å². The number of primary sulfonamides is 1. The Bertz CT molecular complexity index is 845. The minimum atomic E-state index is -3.74. The van der Waals surface area contributed by atoms with Crippen LogP contribution >= 0.6 is 0 Å². The molecule has 0 saturated carbocycles. The predicted octanol–water partition coefficient (Wildman–Crippen LogP) is 3.42. The standard InChI is InChI=1S/C19H25N3O3S/c1-13(2)12-15-4-6-16(7-5-15)14(3)21-19(23)22-17-8-10-18(11-9-17)26(20,24)25/h4-11,13-14H,12H2,1-3H3,(H2,20,24,25)(H2,21,22,23)/t14-/m1/s1. The maximum absolute atomic E-state index is 12.1. The fourth-order valence-electron chi connectivity index (χ4n) is 2.59. The van der Waals surface area contributed by atoms with E-state index in [1.165, 1.54) is 29.8 Å². The summed E-state index contributed by atoms with van der Waals surface area (Å²) < 4.78 is 22.5. The zero-order chi connectivity index (χ0) is 19.3. The van der Waals surface area contributed by atoms with Crippen LogP contribution in [0.25, 0.3) is 0 Å². The van der Waals surface area contributed by atoms with Crippen molar-refractivity contribution in [2.75, 3.05) is 5.32 Å². The van der Waals surface area contributed by atoms with Gasteiger partial charge in [0, 0.05) is 5.69 Å². The van der Waals surface area contributed by atoms with Gasteiger partial charge in [-0.25, -0.2) is 18.4 Å². The van der Waals surface area contributed by atoms with E-state index in [4.69, 9.17) is 5.14 Å². The number of sulfonamides is 1. The Morgan fingerprint density at radius 2 is 1.58 bits per heavy atom. The molecule has 0 spiro atoms. The second-order valence-electron chi connectivity index (χ2n) is 6.73. The third-order valence-electron chi connectivity index (χ3n) is 3.91. The van der Waals surface area contributed by atoms with E-state index in [0.717, 1.165) is 12.0 Å². The molecule has 0 aromatic heterocycles. The van der Waals surface area contributed by atoms with Gasteiger partial charge in [0.25, 0.3) is 0 Å². The Morgan fingerprint density at radius 3 is 2.08 bits per heavy atom. The lowest BCUT2D eigenvalue weighted by atomic mass is 10.00. The highest BCUT2D eigenvalue weighted by atomic mass is 32.2. The van der Waals surface area contributed by atoms with Gasteiger partial charge in [0.2, 0.25) is 10.0 Å². The zero-order valence-electron chi connectivity index (χ0n) is 15.2. The monoisotopic (exact) mass is 375 g/mol. The molecule has 1 atom stereocenters.